The first-order valence-corrected chi connectivity index (χ1v) is 3.10. The van der Waals surface area contributed by atoms with Crippen molar-refractivity contribution in [3.8, 4) is 0 Å². The molecule has 0 N–H and O–H groups in total. The molecule has 0 atom stereocenters. The van der Waals surface area contributed by atoms with Crippen LogP contribution in [0.15, 0.2) is 35.5 Å². The molecule has 1 rings (SSSR count). The van der Waals surface area contributed by atoms with Crippen molar-refractivity contribution in [2.45, 2.75) is 0 Å². The molecule has 0 aliphatic heterocycles. The van der Waals surface area contributed by atoms with Crippen LogP contribution in [0.1, 0.15) is 5.56 Å². The van der Waals surface area contributed by atoms with E-state index in [4.69, 9.17) is 11.9 Å². The number of benzene rings is 1. The smallest absolute Gasteiger partial charge is 0.167 e. The molecule has 52 valence electrons. The summed E-state index contributed by atoms with van der Waals surface area (Å²) in [5.41, 5.74) is 0.961. The van der Waals surface area contributed by atoms with Crippen LogP contribution < -0.4 is 0 Å². The minimum Gasteiger partial charge on any atom is -0.277 e. The fraction of sp³-hybridized carbons (Fsp3) is 0. The molecule has 0 radical (unpaired) electrons. The standard InChI is InChI=1S/C7H6ClNO/c8-10-9-6-7-4-2-1-3-5-7/h1-6H. The highest BCUT2D eigenvalue weighted by molar-refractivity contribution is 6.07. The van der Waals surface area contributed by atoms with Gasteiger partial charge in [-0.05, 0) is 5.56 Å². The molecule has 0 unspecified atom stereocenters. The van der Waals surface area contributed by atoms with E-state index >= 15 is 0 Å². The maximum Gasteiger partial charge on any atom is 0.167 e. The SMILES string of the molecule is ClON=Cc1ccccc1. The molecule has 1 aromatic carbocycles. The molecule has 0 spiro atoms. The Hall–Kier alpha value is -1.02. The Kier molecular flexibility index (Phi) is 2.77. The number of nitrogens with zero attached hydrogens (tertiary/aromatic N) is 1. The summed E-state index contributed by atoms with van der Waals surface area (Å²) < 4.78 is 3.99. The molecule has 2 nitrogen and oxygen atoms in total. The van der Waals surface area contributed by atoms with E-state index in [-0.39, 0.29) is 0 Å². The summed E-state index contributed by atoms with van der Waals surface area (Å²) in [6, 6.07) is 9.56. The highest BCUT2D eigenvalue weighted by atomic mass is 35.5. The Labute approximate surface area is 64.2 Å². The summed E-state index contributed by atoms with van der Waals surface area (Å²) in [5, 5.41) is 3.38. The molecule has 0 aliphatic carbocycles. The number of halogens is 1. The third kappa shape index (κ3) is 2.07. The topological polar surface area (TPSA) is 21.6 Å². The van der Waals surface area contributed by atoms with Crippen molar-refractivity contribution < 1.29 is 4.39 Å². The van der Waals surface area contributed by atoms with Crippen molar-refractivity contribution in [1.29, 1.82) is 0 Å². The Morgan fingerprint density at radius 3 is 2.60 bits per heavy atom. The summed E-state index contributed by atoms with van der Waals surface area (Å²) in [6.07, 6.45) is 1.53. The largest absolute Gasteiger partial charge is 0.277 e. The van der Waals surface area contributed by atoms with Crippen molar-refractivity contribution >= 4 is 18.1 Å². The Morgan fingerprint density at radius 1 is 1.30 bits per heavy atom. The Balaban J connectivity index is 2.67. The van der Waals surface area contributed by atoms with Crippen molar-refractivity contribution in [1.82, 2.24) is 0 Å². The maximum atomic E-state index is 4.85. The molecular weight excluding hydrogens is 150 g/mol. The minimum absolute atomic E-state index is 0.961. The van der Waals surface area contributed by atoms with Gasteiger partial charge < -0.3 is 0 Å². The van der Waals surface area contributed by atoms with Crippen LogP contribution in [0.3, 0.4) is 0 Å². The fourth-order valence-electron chi connectivity index (χ4n) is 0.620. The van der Waals surface area contributed by atoms with Crippen LogP contribution in [0.5, 0.6) is 0 Å². The molecular formula is C7H6ClNO. The lowest BCUT2D eigenvalue weighted by atomic mass is 10.2. The molecule has 0 fully saturated rings. The lowest BCUT2D eigenvalue weighted by Crippen LogP contribution is -1.77. The van der Waals surface area contributed by atoms with E-state index in [1.807, 2.05) is 30.3 Å². The average molecular weight is 156 g/mol. The third-order valence-corrected chi connectivity index (χ3v) is 1.12. The van der Waals surface area contributed by atoms with Gasteiger partial charge in [0.1, 0.15) is 0 Å². The zero-order chi connectivity index (χ0) is 7.23. The second-order valence-electron chi connectivity index (χ2n) is 1.71. The first kappa shape index (κ1) is 7.09. The van der Waals surface area contributed by atoms with Gasteiger partial charge in [-0.15, -0.1) is 0 Å². The summed E-state index contributed by atoms with van der Waals surface area (Å²) in [6.45, 7) is 0. The first-order chi connectivity index (χ1) is 4.93. The van der Waals surface area contributed by atoms with Crippen LogP contribution in [0.25, 0.3) is 0 Å². The van der Waals surface area contributed by atoms with Crippen LogP contribution in [0.2, 0.25) is 0 Å². The zero-order valence-electron chi connectivity index (χ0n) is 5.20. The summed E-state index contributed by atoms with van der Waals surface area (Å²) >= 11 is 4.85. The van der Waals surface area contributed by atoms with Gasteiger partial charge in [-0.2, -0.15) is 0 Å². The monoisotopic (exact) mass is 155 g/mol. The summed E-state index contributed by atoms with van der Waals surface area (Å²) in [7, 11) is 0. The van der Waals surface area contributed by atoms with Crippen LogP contribution in [0, 0.1) is 0 Å². The second-order valence-corrected chi connectivity index (χ2v) is 1.85. The van der Waals surface area contributed by atoms with Crippen molar-refractivity contribution in [2.75, 3.05) is 0 Å². The van der Waals surface area contributed by atoms with Crippen molar-refractivity contribution in [3.05, 3.63) is 35.9 Å². The highest BCUT2D eigenvalue weighted by Gasteiger charge is 1.81. The molecule has 3 heteroatoms. The van der Waals surface area contributed by atoms with Crippen molar-refractivity contribution in [2.24, 2.45) is 5.16 Å². The number of hydrogen-bond acceptors (Lipinski definition) is 2. The van der Waals surface area contributed by atoms with E-state index in [9.17, 15) is 0 Å². The molecule has 0 saturated heterocycles. The van der Waals surface area contributed by atoms with Gasteiger partial charge in [-0.1, -0.05) is 35.5 Å². The Bertz CT molecular complexity index is 210. The second kappa shape index (κ2) is 3.90. The lowest BCUT2D eigenvalue weighted by molar-refractivity contribution is 0.383. The lowest BCUT2D eigenvalue weighted by Gasteiger charge is -1.86. The van der Waals surface area contributed by atoms with Gasteiger partial charge in [0.25, 0.3) is 0 Å². The van der Waals surface area contributed by atoms with Gasteiger partial charge in [0.05, 0.1) is 6.21 Å². The molecule has 0 aromatic heterocycles. The molecule has 10 heavy (non-hydrogen) atoms. The molecule has 0 aliphatic rings. The Morgan fingerprint density at radius 2 is 2.00 bits per heavy atom. The molecule has 0 amide bonds. The van der Waals surface area contributed by atoms with E-state index in [1.54, 1.807) is 0 Å². The summed E-state index contributed by atoms with van der Waals surface area (Å²) in [5.74, 6) is 0. The highest BCUT2D eigenvalue weighted by Crippen LogP contribution is 1.94. The van der Waals surface area contributed by atoms with Gasteiger partial charge in [0.15, 0.2) is 11.9 Å². The predicted octanol–water partition coefficient (Wildman–Crippen LogP) is 2.19. The van der Waals surface area contributed by atoms with Gasteiger partial charge >= 0.3 is 0 Å². The van der Waals surface area contributed by atoms with Crippen LogP contribution in [-0.4, -0.2) is 6.21 Å². The summed E-state index contributed by atoms with van der Waals surface area (Å²) in [4.78, 5) is 0. The van der Waals surface area contributed by atoms with E-state index in [0.717, 1.165) is 5.56 Å². The number of rotatable bonds is 2. The zero-order valence-corrected chi connectivity index (χ0v) is 5.95. The van der Waals surface area contributed by atoms with Gasteiger partial charge in [0.2, 0.25) is 0 Å². The number of hydrogen-bond donors (Lipinski definition) is 0. The predicted molar refractivity (Wildman–Crippen MR) is 41.0 cm³/mol. The van der Waals surface area contributed by atoms with Gasteiger partial charge in [-0.25, -0.2) is 0 Å². The minimum atomic E-state index is 0.961. The van der Waals surface area contributed by atoms with E-state index in [2.05, 4.69) is 9.55 Å². The van der Waals surface area contributed by atoms with Crippen LogP contribution >= 0.6 is 11.9 Å². The molecule has 0 saturated carbocycles. The average Bonchev–Trinajstić information content (AvgIpc) is 2.03. The molecule has 0 bridgehead atoms. The maximum absolute atomic E-state index is 4.85. The van der Waals surface area contributed by atoms with Crippen molar-refractivity contribution in [3.63, 3.8) is 0 Å². The molecule has 1 aromatic rings. The van der Waals surface area contributed by atoms with Gasteiger partial charge in [-0.3, -0.25) is 4.39 Å². The van der Waals surface area contributed by atoms with Crippen LogP contribution in [0.4, 0.5) is 0 Å². The normalized spacial score (nSPS) is 10.1. The van der Waals surface area contributed by atoms with Gasteiger partial charge in [0, 0.05) is 0 Å². The van der Waals surface area contributed by atoms with E-state index in [1.165, 1.54) is 6.21 Å². The van der Waals surface area contributed by atoms with E-state index < -0.39 is 0 Å². The fourth-order valence-corrected chi connectivity index (χ4v) is 0.660. The van der Waals surface area contributed by atoms with E-state index in [0.29, 0.717) is 0 Å². The quantitative estimate of drug-likeness (QED) is 0.474. The molecule has 0 heterocycles. The third-order valence-electron chi connectivity index (χ3n) is 1.04. The first-order valence-electron chi connectivity index (χ1n) is 2.79. The number of oxime groups is 1. The van der Waals surface area contributed by atoms with Crippen LogP contribution in [-0.2, 0) is 4.39 Å².